The van der Waals surface area contributed by atoms with E-state index in [-0.39, 0.29) is 62.2 Å². The van der Waals surface area contributed by atoms with Gasteiger partial charge in [0.1, 0.15) is 60.4 Å². The number of nitrogens with zero attached hydrogens (tertiary/aromatic N) is 7. The molecule has 23 nitrogen and oxygen atoms in total. The maximum atomic E-state index is 15.3. The molecule has 1 aliphatic rings. The fourth-order valence-electron chi connectivity index (χ4n) is 11.3. The summed E-state index contributed by atoms with van der Waals surface area (Å²) in [6.07, 6.45) is 2.86. The van der Waals surface area contributed by atoms with Crippen LogP contribution in [0.1, 0.15) is 155 Å². The van der Waals surface area contributed by atoms with Gasteiger partial charge >= 0.3 is 0 Å². The molecule has 0 unspecified atom stereocenters. The van der Waals surface area contributed by atoms with Crippen LogP contribution in [0, 0.1) is 41.4 Å². The van der Waals surface area contributed by atoms with Gasteiger partial charge < -0.3 is 60.7 Å². The number of rotatable bonds is 16. The number of hydrogen-bond donors (Lipinski definition) is 5. The molecule has 12 atom stereocenters. The average molecular weight is 1300 g/mol. The second-order valence-corrected chi connectivity index (χ2v) is 27.9. The molecule has 1 aromatic rings. The van der Waals surface area contributed by atoms with Crippen molar-refractivity contribution in [2.45, 2.75) is 216 Å². The number of benzene rings is 1. The average Bonchev–Trinajstić information content (AvgIpc) is 0.937. The maximum Gasteiger partial charge on any atom is 0.246 e. The maximum absolute atomic E-state index is 15.3. The van der Waals surface area contributed by atoms with Crippen LogP contribution in [0.3, 0.4) is 0 Å². The first-order chi connectivity index (χ1) is 42.1. The van der Waals surface area contributed by atoms with Gasteiger partial charge in [-0.15, -0.1) is 0 Å². The summed E-state index contributed by atoms with van der Waals surface area (Å²) in [6, 6.07) is -5.46. The van der Waals surface area contributed by atoms with E-state index < -0.39 is 156 Å². The van der Waals surface area contributed by atoms with Crippen molar-refractivity contribution in [3.05, 3.63) is 40.9 Å². The number of hydrogen-bond acceptors (Lipinski definition) is 12. The van der Waals surface area contributed by atoms with E-state index in [9.17, 15) is 38.7 Å². The second kappa shape index (κ2) is 36.6. The first-order valence-corrected chi connectivity index (χ1v) is 32.7. The lowest BCUT2D eigenvalue weighted by Gasteiger charge is -2.41. The summed E-state index contributed by atoms with van der Waals surface area (Å²) in [5.41, 5.74) is 0.819. The summed E-state index contributed by atoms with van der Waals surface area (Å²) in [4.78, 5) is 170. The van der Waals surface area contributed by atoms with Crippen molar-refractivity contribution >= 4 is 82.7 Å². The Balaban J connectivity index is 2.99. The lowest BCUT2D eigenvalue weighted by atomic mass is 9.91. The fraction of sp³-hybridized carbons (Fsp3) is 0.716. The first-order valence-electron chi connectivity index (χ1n) is 32.3. The molecule has 5 N–H and O–H groups in total. The van der Waals surface area contributed by atoms with E-state index in [2.05, 4.69) is 21.3 Å². The fourth-order valence-corrected chi connectivity index (χ4v) is 11.4. The van der Waals surface area contributed by atoms with E-state index in [1.807, 2.05) is 79.7 Å². The Kier molecular flexibility index (Phi) is 32.3. The molecular formula is C67H112ClN11O12. The highest BCUT2D eigenvalue weighted by atomic mass is 35.5. The Labute approximate surface area is 547 Å². The quantitative estimate of drug-likeness (QED) is 0.145. The zero-order chi connectivity index (χ0) is 70.0. The summed E-state index contributed by atoms with van der Waals surface area (Å²) in [5, 5.41) is 23.9. The normalized spacial score (nSPS) is 25.9. The molecule has 1 fully saturated rings. The minimum absolute atomic E-state index is 0.000309. The zero-order valence-electron chi connectivity index (χ0n) is 58.8. The number of carbonyl (C=O) groups is 11. The number of aliphatic hydroxyl groups is 1. The molecular weight excluding hydrogens is 1190 g/mol. The van der Waals surface area contributed by atoms with Crippen molar-refractivity contribution in [1.82, 2.24) is 55.6 Å². The van der Waals surface area contributed by atoms with Crippen molar-refractivity contribution in [1.29, 1.82) is 0 Å². The monoisotopic (exact) mass is 1300 g/mol. The number of likely N-dealkylation sites (N-methyl/N-ethyl adjacent to an activating group) is 7. The molecule has 0 aromatic heterocycles. The van der Waals surface area contributed by atoms with Gasteiger partial charge in [-0.25, -0.2) is 0 Å². The predicted molar refractivity (Wildman–Crippen MR) is 354 cm³/mol. The highest BCUT2D eigenvalue weighted by Gasteiger charge is 2.46. The molecule has 0 aliphatic carbocycles. The molecule has 0 saturated carbocycles. The molecule has 11 amide bonds. The predicted octanol–water partition coefficient (Wildman–Crippen LogP) is 5.06. The third-order valence-electron chi connectivity index (χ3n) is 17.0. The van der Waals surface area contributed by atoms with Crippen LogP contribution in [0.4, 0.5) is 0 Å². The van der Waals surface area contributed by atoms with Crippen LogP contribution in [0.5, 0.6) is 0 Å². The Bertz CT molecular complexity index is 2690. The number of amides is 11. The molecule has 24 heteroatoms. The molecule has 1 aromatic carbocycles. The largest absolute Gasteiger partial charge is 0.390 e. The molecule has 0 spiro atoms. The molecule has 1 aliphatic heterocycles. The van der Waals surface area contributed by atoms with Gasteiger partial charge in [0.15, 0.2) is 0 Å². The Morgan fingerprint density at radius 1 is 0.484 bits per heavy atom. The number of carbonyl (C=O) groups excluding carboxylic acids is 11. The van der Waals surface area contributed by atoms with E-state index in [1.54, 1.807) is 53.7 Å². The van der Waals surface area contributed by atoms with E-state index in [1.165, 1.54) is 87.7 Å². The Morgan fingerprint density at radius 2 is 0.912 bits per heavy atom. The van der Waals surface area contributed by atoms with Gasteiger partial charge in [0, 0.05) is 54.4 Å². The third kappa shape index (κ3) is 22.9. The van der Waals surface area contributed by atoms with Crippen LogP contribution in [-0.4, -0.2) is 227 Å². The second-order valence-electron chi connectivity index (χ2n) is 27.5. The van der Waals surface area contributed by atoms with Gasteiger partial charge in [-0.2, -0.15) is 0 Å². The molecule has 1 heterocycles. The molecule has 1 saturated heterocycles. The van der Waals surface area contributed by atoms with Gasteiger partial charge in [-0.05, 0) is 111 Å². The molecule has 514 valence electrons. The lowest BCUT2D eigenvalue weighted by Crippen LogP contribution is -2.63. The van der Waals surface area contributed by atoms with Gasteiger partial charge in [0.05, 0.1) is 12.6 Å². The van der Waals surface area contributed by atoms with Crippen LogP contribution >= 0.6 is 11.6 Å². The van der Waals surface area contributed by atoms with Crippen LogP contribution in [0.2, 0.25) is 5.02 Å². The van der Waals surface area contributed by atoms with Crippen molar-refractivity contribution < 1.29 is 57.8 Å². The smallest absolute Gasteiger partial charge is 0.246 e. The van der Waals surface area contributed by atoms with Gasteiger partial charge in [0.25, 0.3) is 0 Å². The van der Waals surface area contributed by atoms with E-state index in [0.717, 1.165) is 15.4 Å². The number of halogens is 1. The summed E-state index contributed by atoms with van der Waals surface area (Å²) in [7, 11) is 9.89. The minimum Gasteiger partial charge on any atom is -0.390 e. The highest BCUT2D eigenvalue weighted by Crippen LogP contribution is 2.26. The van der Waals surface area contributed by atoms with Gasteiger partial charge in [-0.1, -0.05) is 133 Å². The first kappa shape index (κ1) is 80.5. The highest BCUT2D eigenvalue weighted by molar-refractivity contribution is 6.30. The van der Waals surface area contributed by atoms with E-state index in [0.29, 0.717) is 5.02 Å². The molecule has 0 bridgehead atoms. The van der Waals surface area contributed by atoms with Crippen LogP contribution < -0.4 is 21.3 Å². The van der Waals surface area contributed by atoms with Crippen molar-refractivity contribution in [3.8, 4) is 0 Å². The van der Waals surface area contributed by atoms with Crippen LogP contribution in [0.15, 0.2) is 30.3 Å². The summed E-state index contributed by atoms with van der Waals surface area (Å²) in [6.45, 7) is 27.5. The van der Waals surface area contributed by atoms with E-state index >= 15 is 19.2 Å². The minimum atomic E-state index is -1.67. The molecule has 2 rings (SSSR count). The molecule has 91 heavy (non-hydrogen) atoms. The van der Waals surface area contributed by atoms with Crippen molar-refractivity contribution in [2.75, 3.05) is 55.9 Å². The zero-order valence-corrected chi connectivity index (χ0v) is 59.5. The SMILES string of the molecule is CC[C@@H]1NC(=O)[C@H]([C@H](O)[C@H](C)C/C=C/c2ccc(Cl)cc2)N(C)C(=O)[C@H](C(C)C)N(C)C(=O)[C@H](CC(C)C)N(C)C(=O)[C@H](CC(C)C)N(C)C(=O)[C@@H](C)NC(=O)[C@H](C)NC(=O)[C@H](CC(C)C)N(C)C(=O)[C@H](C(C)C)NC(=O)[C@H](CC(C)C)N(C)C(=O)CN(C)C1=O. The number of aliphatic hydroxyl groups excluding tert-OH is 1. The van der Waals surface area contributed by atoms with Crippen LogP contribution in [-0.2, 0) is 52.7 Å². The standard InChI is InChI=1S/C67H112ClN11O12/c1-24-48-63(87)73(17)36-53(80)74(18)49(32-37(2)3)60(84)72-54(41(10)11)66(90)75(19)50(33-38(4)5)59(83)69-44(15)58(82)70-45(16)62(86)76(20)51(34-39(6)7)64(88)77(21)52(35-40(8)9)65(89)78(22)55(42(12)13)67(91)79(23)56(61(85)71-48)57(81)43(14)26-25-27-46-28-30-47(68)31-29-46/h25,27-31,37-45,48-52,54-57,81H,24,26,32-36H2,1-23H3,(H,69,83)(H,70,82)(H,71,85)(H,72,84)/b27-25+/t43-,44+,45-,48+,49+,50+,51+,52+,54+,55+,56+,57-/m1/s1. The summed E-state index contributed by atoms with van der Waals surface area (Å²) in [5.74, 6) is -10.0. The Hall–Kier alpha value is -6.62. The Morgan fingerprint density at radius 3 is 1.38 bits per heavy atom. The topological polar surface area (TPSA) is 279 Å². The van der Waals surface area contributed by atoms with Crippen molar-refractivity contribution in [3.63, 3.8) is 0 Å². The van der Waals surface area contributed by atoms with Gasteiger partial charge in [0.2, 0.25) is 65.0 Å². The lowest BCUT2D eigenvalue weighted by molar-refractivity contribution is -0.157. The van der Waals surface area contributed by atoms with Crippen molar-refractivity contribution in [2.24, 2.45) is 41.4 Å². The van der Waals surface area contributed by atoms with Gasteiger partial charge in [-0.3, -0.25) is 52.7 Å². The molecule has 0 radical (unpaired) electrons. The number of nitrogens with one attached hydrogen (secondary N) is 4. The number of allylic oxidation sites excluding steroid dienone is 1. The van der Waals surface area contributed by atoms with E-state index in [4.69, 9.17) is 11.6 Å². The summed E-state index contributed by atoms with van der Waals surface area (Å²) >= 11 is 6.12. The summed E-state index contributed by atoms with van der Waals surface area (Å²) < 4.78 is 0. The third-order valence-corrected chi connectivity index (χ3v) is 17.3. The van der Waals surface area contributed by atoms with Crippen LogP contribution in [0.25, 0.3) is 6.08 Å².